The van der Waals surface area contributed by atoms with Gasteiger partial charge < -0.3 is 10.1 Å². The van der Waals surface area contributed by atoms with E-state index in [0.29, 0.717) is 19.5 Å². The first kappa shape index (κ1) is 17.4. The Morgan fingerprint density at radius 3 is 2.71 bits per heavy atom. The highest BCUT2D eigenvalue weighted by atomic mass is 16.5. The van der Waals surface area contributed by atoms with Crippen LogP contribution in [0.5, 0.6) is 0 Å². The molecule has 0 spiro atoms. The number of ether oxygens (including phenoxy) is 1. The summed E-state index contributed by atoms with van der Waals surface area (Å²) in [5, 5.41) is 4.90. The van der Waals surface area contributed by atoms with Gasteiger partial charge in [0.2, 0.25) is 5.91 Å². The summed E-state index contributed by atoms with van der Waals surface area (Å²) >= 11 is 0. The van der Waals surface area contributed by atoms with Gasteiger partial charge in [0.1, 0.15) is 6.04 Å². The molecule has 1 rings (SSSR count). The van der Waals surface area contributed by atoms with Crippen LogP contribution < -0.4 is 10.6 Å². The van der Waals surface area contributed by atoms with Crippen LogP contribution in [0.1, 0.15) is 39.0 Å². The number of urea groups is 1. The van der Waals surface area contributed by atoms with Crippen LogP contribution in [-0.2, 0) is 14.3 Å². The Morgan fingerprint density at radius 2 is 2.05 bits per heavy atom. The number of carbonyl (C=O) groups excluding carboxylic acids is 3. The van der Waals surface area contributed by atoms with Crippen molar-refractivity contribution in [2.45, 2.75) is 45.1 Å². The molecule has 0 saturated carbocycles. The van der Waals surface area contributed by atoms with Crippen molar-refractivity contribution in [3.05, 3.63) is 0 Å². The third-order valence-electron chi connectivity index (χ3n) is 3.50. The van der Waals surface area contributed by atoms with Crippen LogP contribution in [0.15, 0.2) is 0 Å². The van der Waals surface area contributed by atoms with Crippen LogP contribution in [0.2, 0.25) is 0 Å². The summed E-state index contributed by atoms with van der Waals surface area (Å²) in [5.74, 6) is -0.727. The highest BCUT2D eigenvalue weighted by Gasteiger charge is 2.30. The lowest BCUT2D eigenvalue weighted by Gasteiger charge is -2.32. The normalized spacial score (nSPS) is 18.9. The molecule has 7 heteroatoms. The van der Waals surface area contributed by atoms with Gasteiger partial charge in [0.25, 0.3) is 0 Å². The molecule has 21 heavy (non-hydrogen) atoms. The average molecular weight is 299 g/mol. The second kappa shape index (κ2) is 9.33. The summed E-state index contributed by atoms with van der Waals surface area (Å²) in [6, 6.07) is -0.877. The molecule has 1 saturated heterocycles. The van der Waals surface area contributed by atoms with Crippen LogP contribution in [0, 0.1) is 0 Å². The van der Waals surface area contributed by atoms with E-state index in [1.54, 1.807) is 4.90 Å². The van der Waals surface area contributed by atoms with Gasteiger partial charge >= 0.3 is 12.0 Å². The van der Waals surface area contributed by atoms with Crippen molar-refractivity contribution in [1.82, 2.24) is 15.5 Å². The highest BCUT2D eigenvalue weighted by Crippen LogP contribution is 2.17. The molecular weight excluding hydrogens is 274 g/mol. The number of imide groups is 1. The van der Waals surface area contributed by atoms with Crippen molar-refractivity contribution in [3.63, 3.8) is 0 Å². The minimum Gasteiger partial charge on any atom is -0.468 e. The quantitative estimate of drug-likeness (QED) is 0.555. The standard InChI is InChI=1S/C14H25N3O4/c1-3-4-8-15-14(20)16-12(18)10-17-9-6-5-7-11(17)13(19)21-2/h11H,3-10H2,1-2H3,(H2,15,16,18,20)/t11-/m1/s1. The number of rotatable bonds is 6. The number of piperidine rings is 1. The first-order chi connectivity index (χ1) is 10.1. The molecule has 120 valence electrons. The van der Waals surface area contributed by atoms with Crippen molar-refractivity contribution in [1.29, 1.82) is 0 Å². The van der Waals surface area contributed by atoms with E-state index in [2.05, 4.69) is 10.6 Å². The van der Waals surface area contributed by atoms with Crippen molar-refractivity contribution < 1.29 is 19.1 Å². The SMILES string of the molecule is CCCCNC(=O)NC(=O)CN1CCCC[C@@H]1C(=O)OC. The summed E-state index contributed by atoms with van der Waals surface area (Å²) in [6.45, 7) is 3.25. The third kappa shape index (κ3) is 6.12. The van der Waals surface area contributed by atoms with Crippen molar-refractivity contribution >= 4 is 17.9 Å². The van der Waals surface area contributed by atoms with E-state index >= 15 is 0 Å². The number of amides is 3. The number of unbranched alkanes of at least 4 members (excludes halogenated alkanes) is 1. The summed E-state index contributed by atoms with van der Waals surface area (Å²) in [7, 11) is 1.34. The maximum absolute atomic E-state index is 11.8. The number of hydrogen-bond acceptors (Lipinski definition) is 5. The molecule has 1 heterocycles. The van der Waals surface area contributed by atoms with Crippen LogP contribution >= 0.6 is 0 Å². The molecule has 0 aromatic rings. The number of carbonyl (C=O) groups is 3. The number of nitrogens with one attached hydrogen (secondary N) is 2. The van der Waals surface area contributed by atoms with Crippen molar-refractivity contribution in [2.75, 3.05) is 26.7 Å². The molecule has 7 nitrogen and oxygen atoms in total. The van der Waals surface area contributed by atoms with Gasteiger partial charge in [-0.05, 0) is 25.8 Å². The maximum atomic E-state index is 11.8. The van der Waals surface area contributed by atoms with Crippen molar-refractivity contribution in [2.24, 2.45) is 0 Å². The van der Waals surface area contributed by atoms with Gasteiger partial charge in [0.15, 0.2) is 0 Å². The molecule has 0 unspecified atom stereocenters. The number of esters is 1. The topological polar surface area (TPSA) is 87.7 Å². The van der Waals surface area contributed by atoms with Gasteiger partial charge in [0.05, 0.1) is 13.7 Å². The minimum absolute atomic E-state index is 0.0287. The summed E-state index contributed by atoms with van der Waals surface area (Å²) in [4.78, 5) is 36.8. The van der Waals surface area contributed by atoms with E-state index in [9.17, 15) is 14.4 Å². The molecule has 2 N–H and O–H groups in total. The van der Waals surface area contributed by atoms with Gasteiger partial charge in [-0.2, -0.15) is 0 Å². The Hall–Kier alpha value is -1.63. The second-order valence-electron chi connectivity index (χ2n) is 5.16. The Labute approximate surface area is 125 Å². The van der Waals surface area contributed by atoms with Crippen molar-refractivity contribution in [3.8, 4) is 0 Å². The first-order valence-electron chi connectivity index (χ1n) is 7.48. The molecule has 1 aliphatic heterocycles. The zero-order valence-corrected chi connectivity index (χ0v) is 12.8. The van der Waals surface area contributed by atoms with Crippen LogP contribution in [0.4, 0.5) is 4.79 Å². The third-order valence-corrected chi connectivity index (χ3v) is 3.50. The second-order valence-corrected chi connectivity index (χ2v) is 5.16. The van der Waals surface area contributed by atoms with E-state index in [0.717, 1.165) is 25.7 Å². The Morgan fingerprint density at radius 1 is 1.29 bits per heavy atom. The zero-order valence-electron chi connectivity index (χ0n) is 12.8. The highest BCUT2D eigenvalue weighted by molar-refractivity contribution is 5.95. The first-order valence-corrected chi connectivity index (χ1v) is 7.48. The fraction of sp³-hybridized carbons (Fsp3) is 0.786. The molecule has 3 amide bonds. The van der Waals surface area contributed by atoms with E-state index < -0.39 is 18.0 Å². The summed E-state index contributed by atoms with van der Waals surface area (Å²) < 4.78 is 4.76. The van der Waals surface area contributed by atoms with Gasteiger partial charge in [-0.25, -0.2) is 4.79 Å². The predicted octanol–water partition coefficient (Wildman–Crippen LogP) is 0.640. The molecule has 0 bridgehead atoms. The maximum Gasteiger partial charge on any atom is 0.323 e. The molecule has 1 atom stereocenters. The monoisotopic (exact) mass is 299 g/mol. The Kier molecular flexibility index (Phi) is 7.74. The molecular formula is C14H25N3O4. The lowest BCUT2D eigenvalue weighted by Crippen LogP contribution is -2.51. The molecule has 0 aliphatic carbocycles. The summed E-state index contributed by atoms with van der Waals surface area (Å²) in [5.41, 5.74) is 0. The van der Waals surface area contributed by atoms with Gasteiger partial charge in [0, 0.05) is 6.54 Å². The molecule has 1 aliphatic rings. The van der Waals surface area contributed by atoms with E-state index in [4.69, 9.17) is 4.74 Å². The van der Waals surface area contributed by atoms with Crippen LogP contribution in [-0.4, -0.2) is 55.6 Å². The van der Waals surface area contributed by atoms with E-state index in [1.807, 2.05) is 6.92 Å². The van der Waals surface area contributed by atoms with E-state index in [-0.39, 0.29) is 12.5 Å². The van der Waals surface area contributed by atoms with Crippen LogP contribution in [0.25, 0.3) is 0 Å². The fourth-order valence-corrected chi connectivity index (χ4v) is 2.36. The largest absolute Gasteiger partial charge is 0.468 e. The average Bonchev–Trinajstić information content (AvgIpc) is 2.47. The Balaban J connectivity index is 2.40. The van der Waals surface area contributed by atoms with Gasteiger partial charge in [-0.15, -0.1) is 0 Å². The summed E-state index contributed by atoms with van der Waals surface area (Å²) in [6.07, 6.45) is 4.41. The number of likely N-dealkylation sites (tertiary alicyclic amines) is 1. The fourth-order valence-electron chi connectivity index (χ4n) is 2.36. The predicted molar refractivity (Wildman–Crippen MR) is 77.7 cm³/mol. The van der Waals surface area contributed by atoms with Gasteiger partial charge in [-0.3, -0.25) is 19.8 Å². The molecule has 0 aromatic heterocycles. The Bertz CT molecular complexity index is 373. The number of methoxy groups -OCH3 is 1. The molecule has 0 radical (unpaired) electrons. The molecule has 1 fully saturated rings. The number of nitrogens with zero attached hydrogens (tertiary/aromatic N) is 1. The minimum atomic E-state index is -0.486. The number of hydrogen-bond donors (Lipinski definition) is 2. The lowest BCUT2D eigenvalue weighted by molar-refractivity contribution is -0.148. The zero-order chi connectivity index (χ0) is 15.7. The lowest BCUT2D eigenvalue weighted by atomic mass is 10.0. The van der Waals surface area contributed by atoms with E-state index in [1.165, 1.54) is 7.11 Å². The smallest absolute Gasteiger partial charge is 0.323 e. The van der Waals surface area contributed by atoms with Crippen LogP contribution in [0.3, 0.4) is 0 Å². The van der Waals surface area contributed by atoms with Gasteiger partial charge in [-0.1, -0.05) is 19.8 Å². The molecule has 0 aromatic carbocycles.